The number of hydrogen-bond acceptors (Lipinski definition) is 4. The van der Waals surface area contributed by atoms with Gasteiger partial charge in [0, 0.05) is 33.6 Å². The minimum absolute atomic E-state index is 0.0737. The van der Waals surface area contributed by atoms with E-state index in [-0.39, 0.29) is 10.6 Å². The Morgan fingerprint density at radius 3 is 2.57 bits per heavy atom. The van der Waals surface area contributed by atoms with Crippen LogP contribution in [0.25, 0.3) is 0 Å². The summed E-state index contributed by atoms with van der Waals surface area (Å²) in [4.78, 5) is 10.7. The first-order valence-electron chi connectivity index (χ1n) is 6.65. The van der Waals surface area contributed by atoms with Crippen LogP contribution in [-0.2, 0) is 0 Å². The highest BCUT2D eigenvalue weighted by molar-refractivity contribution is 14.1. The van der Waals surface area contributed by atoms with Crippen LogP contribution < -0.4 is 10.6 Å². The van der Waals surface area contributed by atoms with E-state index < -0.39 is 0 Å². The highest BCUT2D eigenvalue weighted by Crippen LogP contribution is 2.28. The number of rotatable bonds is 6. The average molecular weight is 397 g/mol. The second-order valence-corrected chi connectivity index (χ2v) is 5.72. The summed E-state index contributed by atoms with van der Waals surface area (Å²) >= 11 is 2.23. The Hall–Kier alpha value is -1.83. The fraction of sp³-hybridized carbons (Fsp3) is 0.200. The Morgan fingerprint density at radius 1 is 1.19 bits per heavy atom. The molecule has 0 atom stereocenters. The summed E-state index contributed by atoms with van der Waals surface area (Å²) in [7, 11) is 0. The van der Waals surface area contributed by atoms with E-state index in [4.69, 9.17) is 0 Å². The van der Waals surface area contributed by atoms with E-state index >= 15 is 0 Å². The molecule has 0 aromatic heterocycles. The summed E-state index contributed by atoms with van der Waals surface area (Å²) in [6, 6.07) is 12.8. The minimum atomic E-state index is -0.377. The van der Waals surface area contributed by atoms with Crippen molar-refractivity contribution in [2.24, 2.45) is 0 Å². The lowest BCUT2D eigenvalue weighted by molar-refractivity contribution is -0.384. The molecule has 5 nitrogen and oxygen atoms in total. The van der Waals surface area contributed by atoms with Gasteiger partial charge in [-0.2, -0.15) is 0 Å². The molecule has 110 valence electrons. The number of benzene rings is 2. The van der Waals surface area contributed by atoms with Crippen LogP contribution in [0.3, 0.4) is 0 Å². The molecule has 0 saturated carbocycles. The molecule has 0 aliphatic rings. The quantitative estimate of drug-likeness (QED) is 0.419. The van der Waals surface area contributed by atoms with Crippen molar-refractivity contribution in [1.29, 1.82) is 0 Å². The van der Waals surface area contributed by atoms with Crippen LogP contribution in [0, 0.1) is 13.7 Å². The van der Waals surface area contributed by atoms with Gasteiger partial charge in [-0.15, -0.1) is 0 Å². The molecule has 0 heterocycles. The van der Waals surface area contributed by atoms with Crippen LogP contribution in [0.4, 0.5) is 22.7 Å². The van der Waals surface area contributed by atoms with E-state index in [2.05, 4.69) is 40.1 Å². The maximum atomic E-state index is 11.0. The third-order valence-corrected chi connectivity index (χ3v) is 3.80. The van der Waals surface area contributed by atoms with Crippen molar-refractivity contribution in [1.82, 2.24) is 0 Å². The van der Waals surface area contributed by atoms with Crippen molar-refractivity contribution < 1.29 is 4.92 Å². The summed E-state index contributed by atoms with van der Waals surface area (Å²) < 4.78 is 1.06. The highest BCUT2D eigenvalue weighted by Gasteiger charge is 2.10. The third-order valence-electron chi connectivity index (χ3n) is 2.86. The number of halogens is 1. The number of para-hydroxylation sites is 1. The number of nitro benzene ring substituents is 1. The van der Waals surface area contributed by atoms with Gasteiger partial charge in [-0.3, -0.25) is 10.1 Å². The second-order valence-electron chi connectivity index (χ2n) is 4.56. The summed E-state index contributed by atoms with van der Waals surface area (Å²) in [5.74, 6) is 0. The monoisotopic (exact) mass is 397 g/mol. The normalized spacial score (nSPS) is 10.2. The van der Waals surface area contributed by atoms with Gasteiger partial charge in [0.2, 0.25) is 0 Å². The fourth-order valence-corrected chi connectivity index (χ4v) is 2.40. The molecule has 2 N–H and O–H groups in total. The van der Waals surface area contributed by atoms with E-state index in [0.29, 0.717) is 5.69 Å². The Kier molecular flexibility index (Phi) is 5.38. The van der Waals surface area contributed by atoms with Gasteiger partial charge >= 0.3 is 0 Å². The van der Waals surface area contributed by atoms with Gasteiger partial charge in [0.25, 0.3) is 5.69 Å². The summed E-state index contributed by atoms with van der Waals surface area (Å²) in [6.07, 6.45) is 0.960. The van der Waals surface area contributed by atoms with Crippen LogP contribution in [0.5, 0.6) is 0 Å². The fourth-order valence-electron chi connectivity index (χ4n) is 1.88. The number of nitrogens with one attached hydrogen (secondary N) is 2. The lowest BCUT2D eigenvalue weighted by Crippen LogP contribution is -2.02. The van der Waals surface area contributed by atoms with Crippen LogP contribution in [-0.4, -0.2) is 11.5 Å². The first-order chi connectivity index (χ1) is 10.1. The maximum absolute atomic E-state index is 11.0. The molecule has 0 saturated heterocycles. The Balaban J connectivity index is 2.31. The van der Waals surface area contributed by atoms with Gasteiger partial charge in [0.1, 0.15) is 0 Å². The first-order valence-corrected chi connectivity index (χ1v) is 7.73. The number of nitrogens with zero attached hydrogens (tertiary/aromatic N) is 1. The molecule has 0 amide bonds. The number of anilines is 3. The van der Waals surface area contributed by atoms with E-state index in [1.807, 2.05) is 30.3 Å². The Bertz CT molecular complexity index is 647. The van der Waals surface area contributed by atoms with Crippen LogP contribution in [0.15, 0.2) is 42.5 Å². The molecule has 0 aliphatic heterocycles. The van der Waals surface area contributed by atoms with Gasteiger partial charge < -0.3 is 10.6 Å². The summed E-state index contributed by atoms with van der Waals surface area (Å²) in [5.41, 5.74) is 2.45. The molecule has 2 rings (SSSR count). The minimum Gasteiger partial charge on any atom is -0.385 e. The van der Waals surface area contributed by atoms with Gasteiger partial charge in [-0.25, -0.2) is 0 Å². The maximum Gasteiger partial charge on any atom is 0.273 e. The molecule has 6 heteroatoms. The Labute approximate surface area is 137 Å². The van der Waals surface area contributed by atoms with Gasteiger partial charge in [-0.05, 0) is 47.2 Å². The van der Waals surface area contributed by atoms with Crippen molar-refractivity contribution in [3.05, 3.63) is 56.1 Å². The highest BCUT2D eigenvalue weighted by atomic mass is 127. The molecule has 0 radical (unpaired) electrons. The van der Waals surface area contributed by atoms with Gasteiger partial charge in [-0.1, -0.05) is 19.1 Å². The zero-order chi connectivity index (χ0) is 15.2. The number of hydrogen-bond donors (Lipinski definition) is 2. The first kappa shape index (κ1) is 15.6. The lowest BCUT2D eigenvalue weighted by atomic mass is 10.2. The zero-order valence-corrected chi connectivity index (χ0v) is 13.8. The largest absolute Gasteiger partial charge is 0.385 e. The van der Waals surface area contributed by atoms with E-state index in [0.717, 1.165) is 27.9 Å². The van der Waals surface area contributed by atoms with E-state index in [1.165, 1.54) is 0 Å². The van der Waals surface area contributed by atoms with Crippen LogP contribution in [0.1, 0.15) is 13.3 Å². The van der Waals surface area contributed by atoms with E-state index in [9.17, 15) is 10.1 Å². The van der Waals surface area contributed by atoms with Crippen LogP contribution in [0.2, 0.25) is 0 Å². The van der Waals surface area contributed by atoms with Crippen molar-refractivity contribution in [2.45, 2.75) is 13.3 Å². The molecule has 0 bridgehead atoms. The molecule has 0 fully saturated rings. The Morgan fingerprint density at radius 2 is 1.90 bits per heavy atom. The second kappa shape index (κ2) is 7.26. The van der Waals surface area contributed by atoms with Crippen molar-refractivity contribution >= 4 is 45.3 Å². The molecule has 0 aliphatic carbocycles. The van der Waals surface area contributed by atoms with Crippen molar-refractivity contribution in [3.8, 4) is 0 Å². The molecule has 0 unspecified atom stereocenters. The molecular formula is C15H16IN3O2. The van der Waals surface area contributed by atoms with E-state index in [1.54, 1.807) is 12.1 Å². The molecule has 2 aromatic rings. The SMILES string of the molecule is CCCNc1cc(Nc2ccccc2I)cc([N+](=O)[O-])c1. The predicted molar refractivity (Wildman–Crippen MR) is 94.3 cm³/mol. The van der Waals surface area contributed by atoms with Crippen LogP contribution >= 0.6 is 22.6 Å². The average Bonchev–Trinajstić information content (AvgIpc) is 2.47. The standard InChI is InChI=1S/C15H16IN3O2/c1-2-7-17-11-8-12(10-13(9-11)19(20)21)18-15-6-4-3-5-14(15)16/h3-6,8-10,17-18H,2,7H2,1H3. The van der Waals surface area contributed by atoms with Gasteiger partial charge in [0.15, 0.2) is 0 Å². The lowest BCUT2D eigenvalue weighted by Gasteiger charge is -2.11. The number of nitro groups is 1. The van der Waals surface area contributed by atoms with Gasteiger partial charge in [0.05, 0.1) is 10.6 Å². The summed E-state index contributed by atoms with van der Waals surface area (Å²) in [5, 5.41) is 17.5. The van der Waals surface area contributed by atoms with Crippen molar-refractivity contribution in [3.63, 3.8) is 0 Å². The van der Waals surface area contributed by atoms with Crippen molar-refractivity contribution in [2.75, 3.05) is 17.2 Å². The number of non-ortho nitro benzene ring substituents is 1. The predicted octanol–water partition coefficient (Wildman–Crippen LogP) is 4.76. The zero-order valence-electron chi connectivity index (χ0n) is 11.6. The molecular weight excluding hydrogens is 381 g/mol. The third kappa shape index (κ3) is 4.32. The molecule has 21 heavy (non-hydrogen) atoms. The topological polar surface area (TPSA) is 67.2 Å². The molecule has 0 spiro atoms. The smallest absolute Gasteiger partial charge is 0.273 e. The summed E-state index contributed by atoms with van der Waals surface area (Å²) in [6.45, 7) is 2.83. The molecule has 2 aromatic carbocycles.